The fourth-order valence-corrected chi connectivity index (χ4v) is 2.64. The van der Waals surface area contributed by atoms with E-state index in [1.165, 1.54) is 6.92 Å². The molecule has 1 saturated heterocycles. The van der Waals surface area contributed by atoms with Gasteiger partial charge < -0.3 is 19.7 Å². The number of ether oxygens (including phenoxy) is 2. The maximum absolute atomic E-state index is 12.2. The molecular formula is C17H24N2O4. The summed E-state index contributed by atoms with van der Waals surface area (Å²) in [6.45, 7) is 5.24. The van der Waals surface area contributed by atoms with Crippen LogP contribution in [0.25, 0.3) is 0 Å². The number of carbonyl (C=O) groups excluding carboxylic acids is 2. The zero-order valence-corrected chi connectivity index (χ0v) is 13.7. The predicted octanol–water partition coefficient (Wildman–Crippen LogP) is 1.59. The lowest BCUT2D eigenvalue weighted by Gasteiger charge is -2.32. The molecule has 2 amide bonds. The summed E-state index contributed by atoms with van der Waals surface area (Å²) in [7, 11) is 0. The molecule has 2 rings (SSSR count). The quantitative estimate of drug-likeness (QED) is 0.864. The van der Waals surface area contributed by atoms with Crippen LogP contribution in [-0.2, 0) is 9.59 Å². The Kier molecular flexibility index (Phi) is 6.26. The van der Waals surface area contributed by atoms with Gasteiger partial charge in [0, 0.05) is 26.1 Å². The molecule has 0 spiro atoms. The van der Waals surface area contributed by atoms with Crippen molar-refractivity contribution in [3.05, 3.63) is 24.3 Å². The minimum atomic E-state index is -0.0439. The first-order chi connectivity index (χ1) is 11.1. The average Bonchev–Trinajstić information content (AvgIpc) is 2.54. The van der Waals surface area contributed by atoms with Crippen LogP contribution in [0.5, 0.6) is 11.5 Å². The van der Waals surface area contributed by atoms with Crippen LogP contribution in [0.4, 0.5) is 0 Å². The number of hydrogen-bond acceptors (Lipinski definition) is 4. The fraction of sp³-hybridized carbons (Fsp3) is 0.529. The maximum Gasteiger partial charge on any atom is 0.260 e. The number of nitrogens with zero attached hydrogens (tertiary/aromatic N) is 1. The van der Waals surface area contributed by atoms with Crippen LogP contribution < -0.4 is 14.8 Å². The van der Waals surface area contributed by atoms with Gasteiger partial charge in [0.05, 0.1) is 6.61 Å². The van der Waals surface area contributed by atoms with Gasteiger partial charge in [-0.15, -0.1) is 0 Å². The molecule has 1 fully saturated rings. The van der Waals surface area contributed by atoms with Crippen molar-refractivity contribution in [1.82, 2.24) is 10.2 Å². The van der Waals surface area contributed by atoms with E-state index in [1.807, 2.05) is 25.1 Å². The second-order valence-corrected chi connectivity index (χ2v) is 5.52. The summed E-state index contributed by atoms with van der Waals surface area (Å²) in [5, 5.41) is 2.90. The molecule has 0 saturated carbocycles. The van der Waals surface area contributed by atoms with Gasteiger partial charge in [0.15, 0.2) is 18.1 Å². The molecule has 6 nitrogen and oxygen atoms in total. The van der Waals surface area contributed by atoms with Crippen molar-refractivity contribution in [2.45, 2.75) is 32.7 Å². The third-order valence-corrected chi connectivity index (χ3v) is 3.76. The van der Waals surface area contributed by atoms with E-state index in [1.54, 1.807) is 11.0 Å². The largest absolute Gasteiger partial charge is 0.490 e. The normalized spacial score (nSPS) is 15.1. The first-order valence-corrected chi connectivity index (χ1v) is 7.99. The van der Waals surface area contributed by atoms with Gasteiger partial charge in [-0.3, -0.25) is 9.59 Å². The number of piperidine rings is 1. The molecule has 1 aromatic rings. The minimum absolute atomic E-state index is 0.00507. The smallest absolute Gasteiger partial charge is 0.260 e. The number of nitrogens with one attached hydrogen (secondary N) is 1. The Balaban J connectivity index is 1.81. The number of para-hydroxylation sites is 2. The Morgan fingerprint density at radius 2 is 1.78 bits per heavy atom. The van der Waals surface area contributed by atoms with Crippen molar-refractivity contribution in [3.8, 4) is 11.5 Å². The Morgan fingerprint density at radius 3 is 2.35 bits per heavy atom. The Bertz CT molecular complexity index is 539. The lowest BCUT2D eigenvalue weighted by atomic mass is 10.1. The summed E-state index contributed by atoms with van der Waals surface area (Å²) in [6, 6.07) is 7.49. The zero-order chi connectivity index (χ0) is 16.7. The summed E-state index contributed by atoms with van der Waals surface area (Å²) in [5.74, 6) is 1.16. The summed E-state index contributed by atoms with van der Waals surface area (Å²) < 4.78 is 11.1. The number of amides is 2. The summed E-state index contributed by atoms with van der Waals surface area (Å²) in [5.41, 5.74) is 0. The highest BCUT2D eigenvalue weighted by Gasteiger charge is 2.23. The van der Waals surface area contributed by atoms with Crippen LogP contribution in [-0.4, -0.2) is 49.1 Å². The van der Waals surface area contributed by atoms with E-state index in [9.17, 15) is 9.59 Å². The van der Waals surface area contributed by atoms with Crippen molar-refractivity contribution in [1.29, 1.82) is 0 Å². The third kappa shape index (κ3) is 5.16. The Morgan fingerprint density at radius 1 is 1.17 bits per heavy atom. The molecule has 1 aliphatic rings. The third-order valence-electron chi connectivity index (χ3n) is 3.76. The Labute approximate surface area is 136 Å². The van der Waals surface area contributed by atoms with Gasteiger partial charge in [0.25, 0.3) is 5.91 Å². The van der Waals surface area contributed by atoms with Crippen LogP contribution in [0, 0.1) is 0 Å². The van der Waals surface area contributed by atoms with Gasteiger partial charge in [0.1, 0.15) is 0 Å². The van der Waals surface area contributed by atoms with Crippen molar-refractivity contribution in [2.24, 2.45) is 0 Å². The molecule has 1 aliphatic heterocycles. The first-order valence-electron chi connectivity index (χ1n) is 7.99. The summed E-state index contributed by atoms with van der Waals surface area (Å²) in [6.07, 6.45) is 1.56. The van der Waals surface area contributed by atoms with Crippen LogP contribution in [0.15, 0.2) is 24.3 Å². The fourth-order valence-electron chi connectivity index (χ4n) is 2.64. The van der Waals surface area contributed by atoms with Crippen molar-refractivity contribution in [2.75, 3.05) is 26.3 Å². The van der Waals surface area contributed by atoms with Gasteiger partial charge in [-0.2, -0.15) is 0 Å². The monoisotopic (exact) mass is 320 g/mol. The molecular weight excluding hydrogens is 296 g/mol. The highest BCUT2D eigenvalue weighted by molar-refractivity contribution is 5.78. The number of benzene rings is 1. The van der Waals surface area contributed by atoms with Gasteiger partial charge in [-0.1, -0.05) is 12.1 Å². The van der Waals surface area contributed by atoms with E-state index in [-0.39, 0.29) is 24.5 Å². The van der Waals surface area contributed by atoms with Crippen molar-refractivity contribution < 1.29 is 19.1 Å². The van der Waals surface area contributed by atoms with Crippen LogP contribution >= 0.6 is 0 Å². The SMILES string of the molecule is CCOc1ccccc1OCC(=O)N1CCC(NC(C)=O)CC1. The molecule has 0 atom stereocenters. The van der Waals surface area contributed by atoms with Gasteiger partial charge in [-0.05, 0) is 31.9 Å². The van der Waals surface area contributed by atoms with Crippen LogP contribution in [0.1, 0.15) is 26.7 Å². The van der Waals surface area contributed by atoms with Gasteiger partial charge >= 0.3 is 0 Å². The van der Waals surface area contributed by atoms with E-state index in [2.05, 4.69) is 5.32 Å². The highest BCUT2D eigenvalue weighted by atomic mass is 16.5. The molecule has 1 heterocycles. The van der Waals surface area contributed by atoms with E-state index in [0.717, 1.165) is 12.8 Å². The number of rotatable bonds is 6. The molecule has 0 radical (unpaired) electrons. The van der Waals surface area contributed by atoms with Crippen LogP contribution in [0.2, 0.25) is 0 Å². The van der Waals surface area contributed by atoms with Crippen molar-refractivity contribution >= 4 is 11.8 Å². The van der Waals surface area contributed by atoms with E-state index >= 15 is 0 Å². The molecule has 23 heavy (non-hydrogen) atoms. The second-order valence-electron chi connectivity index (χ2n) is 5.52. The molecule has 0 aliphatic carbocycles. The molecule has 1 aromatic carbocycles. The molecule has 126 valence electrons. The van der Waals surface area contributed by atoms with E-state index < -0.39 is 0 Å². The van der Waals surface area contributed by atoms with Crippen LogP contribution in [0.3, 0.4) is 0 Å². The number of likely N-dealkylation sites (tertiary alicyclic amines) is 1. The second kappa shape index (κ2) is 8.41. The lowest BCUT2D eigenvalue weighted by molar-refractivity contribution is -0.134. The number of hydrogen-bond donors (Lipinski definition) is 1. The van der Waals surface area contributed by atoms with Gasteiger partial charge in [0.2, 0.25) is 5.91 Å². The lowest BCUT2D eigenvalue weighted by Crippen LogP contribution is -2.47. The molecule has 0 bridgehead atoms. The molecule has 0 aromatic heterocycles. The topological polar surface area (TPSA) is 67.9 Å². The summed E-state index contributed by atoms with van der Waals surface area (Å²) in [4.78, 5) is 25.1. The first kappa shape index (κ1) is 17.1. The molecule has 1 N–H and O–H groups in total. The highest BCUT2D eigenvalue weighted by Crippen LogP contribution is 2.26. The molecule has 6 heteroatoms. The molecule has 0 unspecified atom stereocenters. The minimum Gasteiger partial charge on any atom is -0.490 e. The zero-order valence-electron chi connectivity index (χ0n) is 13.7. The van der Waals surface area contributed by atoms with Gasteiger partial charge in [-0.25, -0.2) is 0 Å². The maximum atomic E-state index is 12.2. The van der Waals surface area contributed by atoms with E-state index in [0.29, 0.717) is 31.2 Å². The van der Waals surface area contributed by atoms with E-state index in [4.69, 9.17) is 9.47 Å². The average molecular weight is 320 g/mol. The van der Waals surface area contributed by atoms with Crippen molar-refractivity contribution in [3.63, 3.8) is 0 Å². The number of carbonyl (C=O) groups is 2. The standard InChI is InChI=1S/C17H24N2O4/c1-3-22-15-6-4-5-7-16(15)23-12-17(21)19-10-8-14(9-11-19)18-13(2)20/h4-7,14H,3,8-12H2,1-2H3,(H,18,20). The summed E-state index contributed by atoms with van der Waals surface area (Å²) >= 11 is 0. The Hall–Kier alpha value is -2.24. The predicted molar refractivity (Wildman–Crippen MR) is 86.5 cm³/mol.